The molecule has 1 amide bonds. The van der Waals surface area contributed by atoms with Gasteiger partial charge in [0.15, 0.2) is 0 Å². The molecule has 3 unspecified atom stereocenters. The Balaban J connectivity index is 1.49. The number of nitrogens with two attached hydrogens (primary N) is 1. The Morgan fingerprint density at radius 3 is 2.78 bits per heavy atom. The van der Waals surface area contributed by atoms with Gasteiger partial charge in [-0.3, -0.25) is 4.79 Å². The molecule has 27 heavy (non-hydrogen) atoms. The van der Waals surface area contributed by atoms with Crippen molar-refractivity contribution < 1.29 is 9.53 Å². The summed E-state index contributed by atoms with van der Waals surface area (Å²) in [5.74, 6) is 1.07. The second-order valence-corrected chi connectivity index (χ2v) is 7.27. The molecule has 2 aromatic rings. The van der Waals surface area contributed by atoms with Crippen LogP contribution in [0.15, 0.2) is 54.6 Å². The second kappa shape index (κ2) is 8.91. The van der Waals surface area contributed by atoms with Gasteiger partial charge in [0.1, 0.15) is 5.75 Å². The molecular formula is C22H29N3O2. The molecule has 1 heterocycles. The summed E-state index contributed by atoms with van der Waals surface area (Å²) < 4.78 is 5.31. The molecule has 0 bridgehead atoms. The highest BCUT2D eigenvalue weighted by Crippen LogP contribution is 2.27. The van der Waals surface area contributed by atoms with Gasteiger partial charge >= 0.3 is 0 Å². The van der Waals surface area contributed by atoms with Crippen molar-refractivity contribution in [2.45, 2.75) is 19.4 Å². The summed E-state index contributed by atoms with van der Waals surface area (Å²) >= 11 is 0. The Morgan fingerprint density at radius 1 is 1.26 bits per heavy atom. The molecule has 0 spiro atoms. The third-order valence-corrected chi connectivity index (χ3v) is 5.41. The van der Waals surface area contributed by atoms with Gasteiger partial charge in [0.05, 0.1) is 13.0 Å². The topological polar surface area (TPSA) is 67.6 Å². The number of amides is 1. The summed E-state index contributed by atoms with van der Waals surface area (Å²) in [4.78, 5) is 14.9. The van der Waals surface area contributed by atoms with Crippen molar-refractivity contribution in [1.29, 1.82) is 0 Å². The van der Waals surface area contributed by atoms with E-state index >= 15 is 0 Å². The summed E-state index contributed by atoms with van der Waals surface area (Å²) in [7, 11) is 1.68. The lowest BCUT2D eigenvalue weighted by Gasteiger charge is -2.22. The maximum absolute atomic E-state index is 12.5. The molecule has 144 valence electrons. The standard InChI is InChI=1S/C22H29N3O2/c1-16(21(23)18-7-4-3-5-8-18)22(26)24-14-17-11-12-25(15-17)19-9-6-10-20(13-19)27-2/h3-10,13,16-17,21H,11-12,14-15,23H2,1-2H3,(H,24,26). The number of rotatable bonds is 7. The first kappa shape index (κ1) is 19.2. The minimum Gasteiger partial charge on any atom is -0.497 e. The van der Waals surface area contributed by atoms with E-state index in [1.165, 1.54) is 5.69 Å². The minimum absolute atomic E-state index is 0.0196. The number of nitrogens with one attached hydrogen (secondary N) is 1. The van der Waals surface area contributed by atoms with Gasteiger partial charge in [-0.2, -0.15) is 0 Å². The maximum atomic E-state index is 12.5. The molecule has 0 radical (unpaired) electrons. The monoisotopic (exact) mass is 367 g/mol. The molecule has 0 aliphatic carbocycles. The number of nitrogens with zero attached hydrogens (tertiary/aromatic N) is 1. The predicted octanol–water partition coefficient (Wildman–Crippen LogP) is 2.97. The average Bonchev–Trinajstić information content (AvgIpc) is 3.20. The van der Waals surface area contributed by atoms with Crippen molar-refractivity contribution >= 4 is 11.6 Å². The summed E-state index contributed by atoms with van der Waals surface area (Å²) in [6, 6.07) is 17.6. The predicted molar refractivity (Wildman–Crippen MR) is 109 cm³/mol. The molecule has 1 fully saturated rings. The third kappa shape index (κ3) is 4.80. The van der Waals surface area contributed by atoms with Crippen LogP contribution >= 0.6 is 0 Å². The van der Waals surface area contributed by atoms with Crippen molar-refractivity contribution in [2.75, 3.05) is 31.6 Å². The van der Waals surface area contributed by atoms with Crippen LogP contribution in [0.4, 0.5) is 5.69 Å². The quantitative estimate of drug-likeness (QED) is 0.789. The van der Waals surface area contributed by atoms with Crippen LogP contribution in [-0.2, 0) is 4.79 Å². The Hall–Kier alpha value is -2.53. The van der Waals surface area contributed by atoms with Crippen LogP contribution in [0.5, 0.6) is 5.75 Å². The molecule has 5 heteroatoms. The van der Waals surface area contributed by atoms with Gasteiger partial charge < -0.3 is 20.7 Å². The van der Waals surface area contributed by atoms with E-state index in [0.29, 0.717) is 12.5 Å². The van der Waals surface area contributed by atoms with Gasteiger partial charge in [-0.05, 0) is 30.0 Å². The first-order chi connectivity index (χ1) is 13.1. The average molecular weight is 367 g/mol. The van der Waals surface area contributed by atoms with E-state index in [-0.39, 0.29) is 17.9 Å². The molecule has 3 N–H and O–H groups in total. The Kier molecular flexibility index (Phi) is 6.35. The van der Waals surface area contributed by atoms with E-state index in [9.17, 15) is 4.79 Å². The number of anilines is 1. The Morgan fingerprint density at radius 2 is 2.04 bits per heavy atom. The van der Waals surface area contributed by atoms with Crippen LogP contribution in [0, 0.1) is 11.8 Å². The van der Waals surface area contributed by atoms with Crippen molar-refractivity contribution in [3.63, 3.8) is 0 Å². The highest BCUT2D eigenvalue weighted by molar-refractivity contribution is 5.79. The molecular weight excluding hydrogens is 338 g/mol. The van der Waals surface area contributed by atoms with E-state index < -0.39 is 0 Å². The molecule has 1 aliphatic rings. The molecule has 5 nitrogen and oxygen atoms in total. The molecule has 0 saturated carbocycles. The SMILES string of the molecule is COc1cccc(N2CCC(CNC(=O)C(C)C(N)c3ccccc3)C2)c1. The van der Waals surface area contributed by atoms with E-state index in [1.54, 1.807) is 7.11 Å². The molecule has 0 aromatic heterocycles. The Labute approximate surface area is 161 Å². The molecule has 1 aliphatic heterocycles. The van der Waals surface area contributed by atoms with E-state index in [1.807, 2.05) is 49.4 Å². The zero-order valence-electron chi connectivity index (χ0n) is 16.1. The smallest absolute Gasteiger partial charge is 0.224 e. The van der Waals surface area contributed by atoms with Gasteiger partial charge in [-0.1, -0.05) is 43.3 Å². The first-order valence-corrected chi connectivity index (χ1v) is 9.55. The van der Waals surface area contributed by atoms with Crippen LogP contribution in [-0.4, -0.2) is 32.7 Å². The molecule has 1 saturated heterocycles. The first-order valence-electron chi connectivity index (χ1n) is 9.55. The molecule has 2 aromatic carbocycles. The number of benzene rings is 2. The van der Waals surface area contributed by atoms with Gasteiger partial charge in [-0.15, -0.1) is 0 Å². The van der Waals surface area contributed by atoms with Crippen LogP contribution in [0.3, 0.4) is 0 Å². The molecule has 3 rings (SSSR count). The van der Waals surface area contributed by atoms with Crippen molar-refractivity contribution in [2.24, 2.45) is 17.6 Å². The normalized spacial score (nSPS) is 18.8. The minimum atomic E-state index is -0.289. The fraction of sp³-hybridized carbons (Fsp3) is 0.409. The highest BCUT2D eigenvalue weighted by Gasteiger charge is 2.26. The van der Waals surface area contributed by atoms with E-state index in [2.05, 4.69) is 22.3 Å². The summed E-state index contributed by atoms with van der Waals surface area (Å²) in [6.07, 6.45) is 1.07. The number of carbonyl (C=O) groups is 1. The van der Waals surface area contributed by atoms with Crippen LogP contribution in [0.2, 0.25) is 0 Å². The maximum Gasteiger partial charge on any atom is 0.224 e. The largest absolute Gasteiger partial charge is 0.497 e. The van der Waals surface area contributed by atoms with Gasteiger partial charge in [-0.25, -0.2) is 0 Å². The fourth-order valence-electron chi connectivity index (χ4n) is 3.57. The zero-order chi connectivity index (χ0) is 19.2. The summed E-state index contributed by atoms with van der Waals surface area (Å²) in [5, 5.41) is 3.10. The van der Waals surface area contributed by atoms with Crippen molar-refractivity contribution in [3.05, 3.63) is 60.2 Å². The number of hydrogen-bond donors (Lipinski definition) is 2. The second-order valence-electron chi connectivity index (χ2n) is 7.27. The van der Waals surface area contributed by atoms with Gasteiger partial charge in [0.25, 0.3) is 0 Å². The van der Waals surface area contributed by atoms with Crippen molar-refractivity contribution in [3.8, 4) is 5.75 Å². The lowest BCUT2D eigenvalue weighted by Crippen LogP contribution is -2.38. The van der Waals surface area contributed by atoms with Crippen LogP contribution in [0.1, 0.15) is 24.9 Å². The number of methoxy groups -OCH3 is 1. The number of hydrogen-bond acceptors (Lipinski definition) is 4. The Bertz CT molecular complexity index is 750. The molecule has 3 atom stereocenters. The lowest BCUT2D eigenvalue weighted by molar-refractivity contribution is -0.125. The van der Waals surface area contributed by atoms with Gasteiger partial charge in [0.2, 0.25) is 5.91 Å². The fourth-order valence-corrected chi connectivity index (χ4v) is 3.57. The number of ether oxygens (including phenoxy) is 1. The lowest BCUT2D eigenvalue weighted by atomic mass is 9.94. The highest BCUT2D eigenvalue weighted by atomic mass is 16.5. The van der Waals surface area contributed by atoms with Crippen LogP contribution in [0.25, 0.3) is 0 Å². The zero-order valence-corrected chi connectivity index (χ0v) is 16.1. The van der Waals surface area contributed by atoms with Crippen LogP contribution < -0.4 is 20.7 Å². The van der Waals surface area contributed by atoms with Gasteiger partial charge in [0, 0.05) is 37.4 Å². The summed E-state index contributed by atoms with van der Waals surface area (Å²) in [5.41, 5.74) is 8.43. The number of carbonyl (C=O) groups excluding carboxylic acids is 1. The summed E-state index contributed by atoms with van der Waals surface area (Å²) in [6.45, 7) is 4.51. The van der Waals surface area contributed by atoms with E-state index in [4.69, 9.17) is 10.5 Å². The van der Waals surface area contributed by atoms with E-state index in [0.717, 1.165) is 30.8 Å². The van der Waals surface area contributed by atoms with Crippen molar-refractivity contribution in [1.82, 2.24) is 5.32 Å². The third-order valence-electron chi connectivity index (χ3n) is 5.41.